The second-order valence-corrected chi connectivity index (χ2v) is 16.5. The minimum Gasteiger partial charge on any atom is -0.348 e. The predicted octanol–water partition coefficient (Wildman–Crippen LogP) is 11.3. The lowest BCUT2D eigenvalue weighted by atomic mass is 10.2. The molecule has 4 aromatic carbocycles. The maximum Gasteiger partial charge on any atom is 0.147 e. The highest BCUT2D eigenvalue weighted by molar-refractivity contribution is 8.84. The van der Waals surface area contributed by atoms with E-state index in [1.165, 1.54) is 47.9 Å². The molecular weight excluding hydrogens is 653 g/mol. The van der Waals surface area contributed by atoms with Gasteiger partial charge in [-0.2, -0.15) is 0 Å². The van der Waals surface area contributed by atoms with Crippen molar-refractivity contribution in [2.45, 2.75) is 51.9 Å². The van der Waals surface area contributed by atoms with Crippen LogP contribution in [0.2, 0.25) is 0 Å². The van der Waals surface area contributed by atoms with E-state index in [2.05, 4.69) is 131 Å². The van der Waals surface area contributed by atoms with Gasteiger partial charge in [-0.3, -0.25) is 0 Å². The Morgan fingerprint density at radius 2 is 0.682 bits per heavy atom. The second kappa shape index (κ2) is 21.0. The van der Waals surface area contributed by atoms with Crippen molar-refractivity contribution in [2.75, 3.05) is 11.5 Å². The summed E-state index contributed by atoms with van der Waals surface area (Å²) in [6.07, 6.45) is 4.94. The summed E-state index contributed by atoms with van der Waals surface area (Å²) in [5.74, 6) is 2.24. The molecule has 0 N–H and O–H groups in total. The molecule has 0 atom stereocenters. The van der Waals surface area contributed by atoms with E-state index in [1.54, 1.807) is 21.6 Å². The van der Waals surface area contributed by atoms with Crippen LogP contribution in [0.25, 0.3) is 0 Å². The SMILES string of the molecule is S=C(SSCCCCCCSSC(=S)N(Cc1ccccc1)Cc1ccccc1)N(Cc1ccccc1)Cc1ccccc1. The second-order valence-electron chi connectivity index (χ2n) is 10.4. The van der Waals surface area contributed by atoms with E-state index in [1.807, 2.05) is 21.6 Å². The highest BCUT2D eigenvalue weighted by atomic mass is 33.1. The van der Waals surface area contributed by atoms with E-state index in [-0.39, 0.29) is 0 Å². The molecule has 0 heterocycles. The zero-order chi connectivity index (χ0) is 30.7. The fourth-order valence-corrected chi connectivity index (χ4v) is 9.60. The number of hydrogen-bond acceptors (Lipinski definition) is 6. The quantitative estimate of drug-likeness (QED) is 0.0605. The molecule has 0 radical (unpaired) electrons. The molecule has 2 nitrogen and oxygen atoms in total. The highest BCUT2D eigenvalue weighted by Crippen LogP contribution is 2.30. The van der Waals surface area contributed by atoms with Crippen LogP contribution in [0.1, 0.15) is 47.9 Å². The molecule has 0 spiro atoms. The molecule has 230 valence electrons. The fourth-order valence-electron chi connectivity index (χ4n) is 4.55. The van der Waals surface area contributed by atoms with Gasteiger partial charge in [0.1, 0.15) is 8.64 Å². The van der Waals surface area contributed by atoms with Crippen LogP contribution >= 0.6 is 67.6 Å². The van der Waals surface area contributed by atoms with Crippen molar-refractivity contribution >= 4 is 76.3 Å². The number of hydrogen-bond donors (Lipinski definition) is 0. The summed E-state index contributed by atoms with van der Waals surface area (Å²) in [6, 6.07) is 42.4. The van der Waals surface area contributed by atoms with Gasteiger partial charge >= 0.3 is 0 Å². The van der Waals surface area contributed by atoms with Gasteiger partial charge in [0.25, 0.3) is 0 Å². The Balaban J connectivity index is 1.10. The van der Waals surface area contributed by atoms with E-state index in [9.17, 15) is 0 Å². The van der Waals surface area contributed by atoms with E-state index in [0.29, 0.717) is 0 Å². The first-order chi connectivity index (χ1) is 21.7. The van der Waals surface area contributed by atoms with Crippen LogP contribution in [0.15, 0.2) is 121 Å². The lowest BCUT2D eigenvalue weighted by Crippen LogP contribution is -2.26. The third kappa shape index (κ3) is 13.6. The molecule has 4 aromatic rings. The standard InChI is InChI=1S/C36H40N2S6/c39-35(37(27-31-17-7-3-8-18-31)28-32-19-9-4-10-20-32)43-41-25-15-1-2-16-26-42-44-36(40)38(29-33-21-11-5-12-22-33)30-34-23-13-6-14-24-34/h3-14,17-24H,1-2,15-16,25-30H2. The average Bonchev–Trinajstić information content (AvgIpc) is 3.06. The highest BCUT2D eigenvalue weighted by Gasteiger charge is 2.14. The Kier molecular flexibility index (Phi) is 16.6. The largest absolute Gasteiger partial charge is 0.348 e. The first kappa shape index (κ1) is 34.9. The Morgan fingerprint density at radius 1 is 0.409 bits per heavy atom. The first-order valence-electron chi connectivity index (χ1n) is 15.0. The van der Waals surface area contributed by atoms with Gasteiger partial charge in [-0.1, -0.05) is 180 Å². The Hall–Kier alpha value is -1.94. The molecule has 0 fully saturated rings. The number of nitrogens with zero attached hydrogens (tertiary/aromatic N) is 2. The summed E-state index contributed by atoms with van der Waals surface area (Å²) in [7, 11) is 7.28. The molecule has 0 amide bonds. The van der Waals surface area contributed by atoms with Crippen LogP contribution in [-0.4, -0.2) is 29.9 Å². The number of benzene rings is 4. The Morgan fingerprint density at radius 3 is 0.955 bits per heavy atom. The van der Waals surface area contributed by atoms with Crippen molar-refractivity contribution in [3.8, 4) is 0 Å². The minimum atomic E-state index is 0.831. The molecule has 8 heteroatoms. The maximum atomic E-state index is 5.88. The van der Waals surface area contributed by atoms with Crippen LogP contribution in [0.5, 0.6) is 0 Å². The fraction of sp³-hybridized carbons (Fsp3) is 0.278. The topological polar surface area (TPSA) is 6.48 Å². The molecular formula is C36H40N2S6. The van der Waals surface area contributed by atoms with E-state index >= 15 is 0 Å². The Labute approximate surface area is 291 Å². The molecule has 0 bridgehead atoms. The molecule has 0 aliphatic rings. The monoisotopic (exact) mass is 692 g/mol. The molecule has 4 rings (SSSR count). The zero-order valence-electron chi connectivity index (χ0n) is 25.0. The van der Waals surface area contributed by atoms with Crippen LogP contribution in [-0.2, 0) is 26.2 Å². The van der Waals surface area contributed by atoms with Crippen LogP contribution < -0.4 is 0 Å². The Bertz CT molecular complexity index is 1170. The summed E-state index contributed by atoms with van der Waals surface area (Å²) in [6.45, 7) is 3.32. The molecule has 0 saturated carbocycles. The summed E-state index contributed by atoms with van der Waals surface area (Å²) in [5.41, 5.74) is 5.14. The van der Waals surface area contributed by atoms with Crippen LogP contribution in [0.3, 0.4) is 0 Å². The summed E-state index contributed by atoms with van der Waals surface area (Å²) in [5, 5.41) is 0. The van der Waals surface area contributed by atoms with Gasteiger partial charge in [0.05, 0.1) is 0 Å². The van der Waals surface area contributed by atoms with Gasteiger partial charge in [0, 0.05) is 37.7 Å². The number of rotatable bonds is 17. The molecule has 0 aromatic heterocycles. The van der Waals surface area contributed by atoms with Gasteiger partial charge in [-0.15, -0.1) is 0 Å². The van der Waals surface area contributed by atoms with Gasteiger partial charge in [0.2, 0.25) is 0 Å². The van der Waals surface area contributed by atoms with Gasteiger partial charge in [0.15, 0.2) is 0 Å². The third-order valence-electron chi connectivity index (χ3n) is 6.85. The minimum absolute atomic E-state index is 0.831. The number of unbranched alkanes of at least 4 members (excludes halogenated alkanes) is 3. The molecule has 0 aliphatic heterocycles. The summed E-state index contributed by atoms with van der Waals surface area (Å²) in [4.78, 5) is 4.63. The lowest BCUT2D eigenvalue weighted by molar-refractivity contribution is 0.421. The predicted molar refractivity (Wildman–Crippen MR) is 208 cm³/mol. The van der Waals surface area contributed by atoms with E-state index in [0.717, 1.165) is 46.3 Å². The summed E-state index contributed by atoms with van der Waals surface area (Å²) < 4.78 is 1.92. The van der Waals surface area contributed by atoms with Gasteiger partial charge in [-0.25, -0.2) is 0 Å². The van der Waals surface area contributed by atoms with Gasteiger partial charge in [-0.05, 0) is 56.7 Å². The normalized spacial score (nSPS) is 10.8. The first-order valence-corrected chi connectivity index (χ1v) is 20.5. The lowest BCUT2D eigenvalue weighted by Gasteiger charge is -2.25. The summed E-state index contributed by atoms with van der Waals surface area (Å²) >= 11 is 11.8. The average molecular weight is 693 g/mol. The van der Waals surface area contributed by atoms with E-state index in [4.69, 9.17) is 24.4 Å². The third-order valence-corrected chi connectivity index (χ3v) is 13.1. The van der Waals surface area contributed by atoms with Crippen LogP contribution in [0.4, 0.5) is 0 Å². The maximum absolute atomic E-state index is 5.88. The molecule has 0 aliphatic carbocycles. The zero-order valence-corrected chi connectivity index (χ0v) is 29.9. The van der Waals surface area contributed by atoms with Crippen LogP contribution in [0, 0.1) is 0 Å². The molecule has 0 unspecified atom stereocenters. The van der Waals surface area contributed by atoms with Crippen molar-refractivity contribution in [2.24, 2.45) is 0 Å². The number of thiocarbonyl (C=S) groups is 2. The van der Waals surface area contributed by atoms with Crippen molar-refractivity contribution in [3.63, 3.8) is 0 Å². The van der Waals surface area contributed by atoms with Crippen molar-refractivity contribution in [1.29, 1.82) is 0 Å². The molecule has 44 heavy (non-hydrogen) atoms. The van der Waals surface area contributed by atoms with Gasteiger partial charge < -0.3 is 9.80 Å². The molecule has 0 saturated heterocycles. The smallest absolute Gasteiger partial charge is 0.147 e. The van der Waals surface area contributed by atoms with Crippen molar-refractivity contribution in [1.82, 2.24) is 9.80 Å². The van der Waals surface area contributed by atoms with E-state index < -0.39 is 0 Å². The van der Waals surface area contributed by atoms with Crippen molar-refractivity contribution in [3.05, 3.63) is 144 Å². The van der Waals surface area contributed by atoms with Crippen molar-refractivity contribution < 1.29 is 0 Å².